The van der Waals surface area contributed by atoms with Gasteiger partial charge in [-0.2, -0.15) is 11.8 Å². The summed E-state index contributed by atoms with van der Waals surface area (Å²) in [5.74, 6) is -1.65. The van der Waals surface area contributed by atoms with Crippen LogP contribution in [0.5, 0.6) is 0 Å². The summed E-state index contributed by atoms with van der Waals surface area (Å²) in [4.78, 5) is 32.3. The van der Waals surface area contributed by atoms with Crippen LogP contribution in [0.3, 0.4) is 0 Å². The quantitative estimate of drug-likeness (QED) is 0.232. The van der Waals surface area contributed by atoms with E-state index in [1.807, 2.05) is 0 Å². The van der Waals surface area contributed by atoms with Gasteiger partial charge in [0.25, 0.3) is 0 Å². The predicted molar refractivity (Wildman–Crippen MR) is 108 cm³/mol. The van der Waals surface area contributed by atoms with Crippen molar-refractivity contribution in [3.8, 4) is 0 Å². The molecule has 1 atom stereocenters. The lowest BCUT2D eigenvalue weighted by molar-refractivity contribution is -0.150. The monoisotopic (exact) mass is 381 g/mol. The Balaban J connectivity index is 4.06. The van der Waals surface area contributed by atoms with Crippen LogP contribution in [0.25, 0.3) is 0 Å². The molecule has 0 aromatic heterocycles. The molecule has 0 heterocycles. The molecule has 2 N–H and O–H groups in total. The highest BCUT2D eigenvalue weighted by Crippen LogP contribution is 2.12. The lowest BCUT2D eigenvalue weighted by atomic mass is 10.1. The van der Waals surface area contributed by atoms with Gasteiger partial charge < -0.3 is 15.2 Å². The van der Waals surface area contributed by atoms with E-state index in [2.05, 4.69) is 51.2 Å². The molecule has 0 rings (SSSR count). The van der Waals surface area contributed by atoms with Gasteiger partial charge in [0.2, 0.25) is 0 Å². The topological polar surface area (TPSA) is 83.5 Å². The van der Waals surface area contributed by atoms with Gasteiger partial charge in [0.05, 0.1) is 6.04 Å². The number of allylic oxidation sites excluding steroid dienone is 5. The van der Waals surface area contributed by atoms with Gasteiger partial charge in [-0.3, -0.25) is 4.79 Å². The standard InChI is InChI=1S/C20H31NO4S/c1-15(2)7-5-8-16(3)9-6-10-17(4)11-12-26-14-18(13-22)21-19(23)20(24)25/h7,9,11,13,18H,5-6,8,10,12,14H2,1-4H3,(H,21,23)(H,24,25)/b16-9+,17-11+. The van der Waals surface area contributed by atoms with Crippen LogP contribution in [0.2, 0.25) is 0 Å². The van der Waals surface area contributed by atoms with E-state index in [-0.39, 0.29) is 0 Å². The van der Waals surface area contributed by atoms with E-state index in [1.54, 1.807) is 0 Å². The molecular formula is C20H31NO4S. The summed E-state index contributed by atoms with van der Waals surface area (Å²) in [6.07, 6.45) is 11.4. The maximum Gasteiger partial charge on any atom is 0.394 e. The Morgan fingerprint density at radius 3 is 2.12 bits per heavy atom. The average Bonchev–Trinajstić information content (AvgIpc) is 2.56. The Kier molecular flexibility index (Phi) is 13.4. The number of carbonyl (C=O) groups is 3. The second-order valence-electron chi connectivity index (χ2n) is 6.52. The van der Waals surface area contributed by atoms with Crippen molar-refractivity contribution in [2.45, 2.75) is 59.4 Å². The second-order valence-corrected chi connectivity index (χ2v) is 7.59. The summed E-state index contributed by atoms with van der Waals surface area (Å²) in [7, 11) is 0. The minimum absolute atomic E-state index is 0.357. The molecule has 5 nitrogen and oxygen atoms in total. The van der Waals surface area contributed by atoms with E-state index in [4.69, 9.17) is 5.11 Å². The molecule has 0 radical (unpaired) electrons. The summed E-state index contributed by atoms with van der Waals surface area (Å²) >= 11 is 1.48. The minimum Gasteiger partial charge on any atom is -0.474 e. The molecule has 0 fully saturated rings. The van der Waals surface area contributed by atoms with Gasteiger partial charge in [-0.15, -0.1) is 0 Å². The first-order valence-electron chi connectivity index (χ1n) is 8.77. The molecule has 146 valence electrons. The summed E-state index contributed by atoms with van der Waals surface area (Å²) < 4.78 is 0. The summed E-state index contributed by atoms with van der Waals surface area (Å²) in [6.45, 7) is 8.47. The SMILES string of the molecule is CC(C)=CCC/C(C)=C/CC/C(C)=C/CSCC(C=O)NC(=O)C(=O)O. The predicted octanol–water partition coefficient (Wildman–Crippen LogP) is 3.91. The normalized spacial score (nSPS) is 13.1. The maximum atomic E-state index is 11.0. The third-order valence-corrected chi connectivity index (χ3v) is 4.64. The fraction of sp³-hybridized carbons (Fsp3) is 0.550. The first kappa shape index (κ1) is 24.2. The minimum atomic E-state index is -1.58. The van der Waals surface area contributed by atoms with Gasteiger partial charge in [-0.05, 0) is 53.4 Å². The highest BCUT2D eigenvalue weighted by Gasteiger charge is 2.16. The smallest absolute Gasteiger partial charge is 0.394 e. The fourth-order valence-corrected chi connectivity index (χ4v) is 3.03. The number of nitrogens with one attached hydrogen (secondary N) is 1. The van der Waals surface area contributed by atoms with Crippen molar-refractivity contribution in [1.29, 1.82) is 0 Å². The molecule has 6 heteroatoms. The Bertz CT molecular complexity index is 560. The van der Waals surface area contributed by atoms with Crippen molar-refractivity contribution >= 4 is 29.9 Å². The number of carboxylic acid groups (broad SMARTS) is 1. The number of hydrogen-bond acceptors (Lipinski definition) is 4. The van der Waals surface area contributed by atoms with Crippen LogP contribution in [0.4, 0.5) is 0 Å². The van der Waals surface area contributed by atoms with Crippen LogP contribution in [-0.2, 0) is 14.4 Å². The number of thioether (sulfide) groups is 1. The molecule has 0 spiro atoms. The van der Waals surface area contributed by atoms with Gasteiger partial charge in [0, 0.05) is 11.5 Å². The van der Waals surface area contributed by atoms with Crippen LogP contribution >= 0.6 is 11.8 Å². The highest BCUT2D eigenvalue weighted by molar-refractivity contribution is 7.99. The van der Waals surface area contributed by atoms with E-state index in [9.17, 15) is 14.4 Å². The fourth-order valence-electron chi connectivity index (χ4n) is 2.08. The van der Waals surface area contributed by atoms with Gasteiger partial charge in [0.1, 0.15) is 6.29 Å². The molecule has 0 bridgehead atoms. The summed E-state index contributed by atoms with van der Waals surface area (Å²) in [5, 5.41) is 10.7. The number of carboxylic acids is 1. The van der Waals surface area contributed by atoms with Crippen LogP contribution in [-0.4, -0.2) is 40.8 Å². The molecule has 0 aromatic carbocycles. The Morgan fingerprint density at radius 1 is 1.00 bits per heavy atom. The van der Waals surface area contributed by atoms with E-state index in [0.29, 0.717) is 12.0 Å². The molecule has 0 saturated heterocycles. The third kappa shape index (κ3) is 13.5. The number of aldehydes is 1. The Morgan fingerprint density at radius 2 is 1.58 bits per heavy atom. The lowest BCUT2D eigenvalue weighted by Gasteiger charge is -2.09. The third-order valence-electron chi connectivity index (χ3n) is 3.64. The number of carbonyl (C=O) groups excluding carboxylic acids is 2. The molecule has 1 unspecified atom stereocenters. The van der Waals surface area contributed by atoms with Crippen molar-refractivity contribution in [2.75, 3.05) is 11.5 Å². The van der Waals surface area contributed by atoms with E-state index < -0.39 is 17.9 Å². The Labute approximate surface area is 161 Å². The number of hydrogen-bond donors (Lipinski definition) is 2. The molecule has 1 amide bonds. The number of aliphatic carboxylic acids is 1. The summed E-state index contributed by atoms with van der Waals surface area (Å²) in [6, 6.07) is -0.774. The molecule has 0 saturated carbocycles. The van der Waals surface area contributed by atoms with Crippen molar-refractivity contribution in [2.24, 2.45) is 0 Å². The van der Waals surface area contributed by atoms with Crippen molar-refractivity contribution in [3.05, 3.63) is 34.9 Å². The van der Waals surface area contributed by atoms with Gasteiger partial charge in [0.15, 0.2) is 0 Å². The molecule has 0 aliphatic carbocycles. The molecule has 0 aromatic rings. The number of rotatable bonds is 12. The molecule has 0 aliphatic heterocycles. The van der Waals surface area contributed by atoms with Crippen LogP contribution < -0.4 is 5.32 Å². The zero-order chi connectivity index (χ0) is 19.9. The lowest BCUT2D eigenvalue weighted by Crippen LogP contribution is -2.41. The van der Waals surface area contributed by atoms with Crippen LogP contribution in [0.1, 0.15) is 53.4 Å². The van der Waals surface area contributed by atoms with E-state index >= 15 is 0 Å². The zero-order valence-electron chi connectivity index (χ0n) is 16.2. The first-order valence-corrected chi connectivity index (χ1v) is 9.93. The first-order chi connectivity index (χ1) is 12.3. The number of amides is 1. The van der Waals surface area contributed by atoms with Crippen LogP contribution in [0.15, 0.2) is 34.9 Å². The van der Waals surface area contributed by atoms with Gasteiger partial charge in [-0.1, -0.05) is 34.9 Å². The van der Waals surface area contributed by atoms with Gasteiger partial charge in [-0.25, -0.2) is 4.79 Å². The average molecular weight is 382 g/mol. The van der Waals surface area contributed by atoms with Crippen molar-refractivity contribution < 1.29 is 19.5 Å². The largest absolute Gasteiger partial charge is 0.474 e. The molecule has 26 heavy (non-hydrogen) atoms. The summed E-state index contributed by atoms with van der Waals surface area (Å²) in [5.41, 5.74) is 4.05. The zero-order valence-corrected chi connectivity index (χ0v) is 17.0. The second kappa shape index (κ2) is 14.4. The molecule has 0 aliphatic rings. The Hall–Kier alpha value is -1.82. The van der Waals surface area contributed by atoms with Crippen molar-refractivity contribution in [1.82, 2.24) is 5.32 Å². The van der Waals surface area contributed by atoms with E-state index in [1.165, 1.54) is 28.5 Å². The molecular weight excluding hydrogens is 350 g/mol. The van der Waals surface area contributed by atoms with Crippen LogP contribution in [0, 0.1) is 0 Å². The van der Waals surface area contributed by atoms with Gasteiger partial charge >= 0.3 is 11.9 Å². The van der Waals surface area contributed by atoms with Crippen molar-refractivity contribution in [3.63, 3.8) is 0 Å². The maximum absolute atomic E-state index is 11.0. The highest BCUT2D eigenvalue weighted by atomic mass is 32.2. The van der Waals surface area contributed by atoms with E-state index in [0.717, 1.165) is 31.4 Å².